The van der Waals surface area contributed by atoms with Crippen molar-refractivity contribution in [2.45, 2.75) is 71.3 Å². The van der Waals surface area contributed by atoms with Gasteiger partial charge in [0, 0.05) is 12.5 Å². The van der Waals surface area contributed by atoms with Crippen LogP contribution < -0.4 is 0 Å². The molecule has 2 saturated carbocycles. The fraction of sp³-hybridized carbons (Fsp3) is 0.875. The number of aromatic nitrogens is 3. The third-order valence-electron chi connectivity index (χ3n) is 5.11. The molecule has 0 saturated heterocycles. The van der Waals surface area contributed by atoms with Crippen molar-refractivity contribution in [1.82, 2.24) is 14.8 Å². The molecule has 0 bridgehead atoms. The minimum absolute atomic E-state index is 0.667. The lowest BCUT2D eigenvalue weighted by Crippen LogP contribution is -2.28. The lowest BCUT2D eigenvalue weighted by molar-refractivity contribution is 0.151. The van der Waals surface area contributed by atoms with E-state index in [1.807, 2.05) is 6.33 Å². The number of hydrogen-bond acceptors (Lipinski definition) is 2. The van der Waals surface area contributed by atoms with Crippen molar-refractivity contribution < 1.29 is 0 Å². The Kier molecular flexibility index (Phi) is 3.90. The van der Waals surface area contributed by atoms with E-state index in [-0.39, 0.29) is 0 Å². The average molecular weight is 261 g/mol. The zero-order valence-electron chi connectivity index (χ0n) is 12.4. The van der Waals surface area contributed by atoms with Gasteiger partial charge in [-0.1, -0.05) is 39.5 Å². The van der Waals surface area contributed by atoms with Gasteiger partial charge < -0.3 is 4.57 Å². The molecular formula is C16H27N3. The van der Waals surface area contributed by atoms with Gasteiger partial charge >= 0.3 is 0 Å². The van der Waals surface area contributed by atoms with Crippen LogP contribution in [-0.4, -0.2) is 14.8 Å². The van der Waals surface area contributed by atoms with Gasteiger partial charge in [0.15, 0.2) is 0 Å². The van der Waals surface area contributed by atoms with E-state index in [4.69, 9.17) is 0 Å². The second-order valence-corrected chi connectivity index (χ2v) is 7.05. The Morgan fingerprint density at radius 3 is 2.74 bits per heavy atom. The summed E-state index contributed by atoms with van der Waals surface area (Å²) in [7, 11) is 0. The molecule has 0 spiro atoms. The van der Waals surface area contributed by atoms with Crippen molar-refractivity contribution in [1.29, 1.82) is 0 Å². The van der Waals surface area contributed by atoms with Gasteiger partial charge in [0.25, 0.3) is 0 Å². The van der Waals surface area contributed by atoms with Gasteiger partial charge in [-0.2, -0.15) is 0 Å². The van der Waals surface area contributed by atoms with Gasteiger partial charge in [-0.15, -0.1) is 10.2 Å². The topological polar surface area (TPSA) is 30.7 Å². The highest BCUT2D eigenvalue weighted by atomic mass is 15.3. The van der Waals surface area contributed by atoms with E-state index >= 15 is 0 Å². The third kappa shape index (κ3) is 2.85. The summed E-state index contributed by atoms with van der Waals surface area (Å²) < 4.78 is 2.30. The molecule has 3 atom stereocenters. The predicted octanol–water partition coefficient (Wildman–Crippen LogP) is 4.01. The first kappa shape index (κ1) is 13.1. The van der Waals surface area contributed by atoms with Gasteiger partial charge in [-0.25, -0.2) is 0 Å². The first-order valence-electron chi connectivity index (χ1n) is 8.11. The van der Waals surface area contributed by atoms with Crippen molar-refractivity contribution in [2.24, 2.45) is 17.8 Å². The lowest BCUT2D eigenvalue weighted by Gasteiger charge is -2.39. The summed E-state index contributed by atoms with van der Waals surface area (Å²) in [6, 6.07) is 0. The molecule has 2 aliphatic rings. The molecule has 1 heterocycles. The van der Waals surface area contributed by atoms with E-state index < -0.39 is 0 Å². The summed E-state index contributed by atoms with van der Waals surface area (Å²) in [6.07, 6.45) is 11.9. The fourth-order valence-electron chi connectivity index (χ4n) is 4.22. The molecule has 3 nitrogen and oxygen atoms in total. The number of fused-ring (bicyclic) bond motifs is 1. The Bertz CT molecular complexity index is 410. The minimum atomic E-state index is 0.667. The Labute approximate surface area is 116 Å². The summed E-state index contributed by atoms with van der Waals surface area (Å²) in [5.74, 6) is 4.59. The molecule has 0 aromatic carbocycles. The standard InChI is InChI=1S/C16H27N3/c1-12(2)10-19-11-17-18-16(19)15-8-7-13-5-3-4-6-14(13)9-15/h11-15H,3-10H2,1-2H3. The summed E-state index contributed by atoms with van der Waals surface area (Å²) in [6.45, 7) is 5.59. The molecule has 3 rings (SSSR count). The number of nitrogens with zero attached hydrogens (tertiary/aromatic N) is 3. The van der Waals surface area contributed by atoms with E-state index in [2.05, 4.69) is 28.6 Å². The van der Waals surface area contributed by atoms with Crippen LogP contribution in [0.2, 0.25) is 0 Å². The largest absolute Gasteiger partial charge is 0.317 e. The van der Waals surface area contributed by atoms with Crippen LogP contribution in [0.3, 0.4) is 0 Å². The molecule has 0 aliphatic heterocycles. The highest BCUT2D eigenvalue weighted by Crippen LogP contribution is 2.45. The highest BCUT2D eigenvalue weighted by Gasteiger charge is 2.34. The van der Waals surface area contributed by atoms with Crippen LogP contribution in [0.1, 0.15) is 70.5 Å². The SMILES string of the molecule is CC(C)Cn1cnnc1C1CCC2CCCCC2C1. The van der Waals surface area contributed by atoms with Crippen LogP contribution in [0.25, 0.3) is 0 Å². The van der Waals surface area contributed by atoms with Crippen molar-refractivity contribution in [3.8, 4) is 0 Å². The summed E-state index contributed by atoms with van der Waals surface area (Å²) >= 11 is 0. The molecule has 2 aliphatic carbocycles. The molecule has 0 N–H and O–H groups in total. The van der Waals surface area contributed by atoms with Crippen LogP contribution >= 0.6 is 0 Å². The first-order valence-corrected chi connectivity index (χ1v) is 8.11. The number of rotatable bonds is 3. The molecule has 3 heteroatoms. The van der Waals surface area contributed by atoms with Gasteiger partial charge in [0.1, 0.15) is 12.2 Å². The van der Waals surface area contributed by atoms with Crippen LogP contribution in [0.5, 0.6) is 0 Å². The normalized spacial score (nSPS) is 31.4. The number of hydrogen-bond donors (Lipinski definition) is 0. The monoisotopic (exact) mass is 261 g/mol. The lowest BCUT2D eigenvalue weighted by atomic mass is 9.67. The Balaban J connectivity index is 1.71. The zero-order valence-corrected chi connectivity index (χ0v) is 12.4. The molecule has 106 valence electrons. The summed E-state index contributed by atoms with van der Waals surface area (Å²) in [5.41, 5.74) is 0. The van der Waals surface area contributed by atoms with Gasteiger partial charge in [0.05, 0.1) is 0 Å². The molecule has 1 aromatic heterocycles. The van der Waals surface area contributed by atoms with E-state index in [1.165, 1.54) is 50.8 Å². The van der Waals surface area contributed by atoms with Crippen LogP contribution in [0.15, 0.2) is 6.33 Å². The van der Waals surface area contributed by atoms with Gasteiger partial charge in [-0.3, -0.25) is 0 Å². The van der Waals surface area contributed by atoms with E-state index in [0.717, 1.165) is 18.4 Å². The van der Waals surface area contributed by atoms with Crippen molar-refractivity contribution in [2.75, 3.05) is 0 Å². The quantitative estimate of drug-likeness (QED) is 0.823. The molecule has 19 heavy (non-hydrogen) atoms. The highest BCUT2D eigenvalue weighted by molar-refractivity contribution is 5.01. The van der Waals surface area contributed by atoms with Crippen LogP contribution in [0, 0.1) is 17.8 Å². The smallest absolute Gasteiger partial charge is 0.135 e. The molecule has 3 unspecified atom stereocenters. The Hall–Kier alpha value is -0.860. The zero-order chi connectivity index (χ0) is 13.2. The van der Waals surface area contributed by atoms with Crippen molar-refractivity contribution in [3.63, 3.8) is 0 Å². The van der Waals surface area contributed by atoms with Crippen LogP contribution in [-0.2, 0) is 6.54 Å². The summed E-state index contributed by atoms with van der Waals surface area (Å²) in [5, 5.41) is 8.61. The van der Waals surface area contributed by atoms with Crippen molar-refractivity contribution >= 4 is 0 Å². The fourth-order valence-corrected chi connectivity index (χ4v) is 4.22. The van der Waals surface area contributed by atoms with E-state index in [9.17, 15) is 0 Å². The molecule has 0 amide bonds. The molecule has 2 fully saturated rings. The van der Waals surface area contributed by atoms with E-state index in [0.29, 0.717) is 11.8 Å². The minimum Gasteiger partial charge on any atom is -0.317 e. The second kappa shape index (κ2) is 5.64. The van der Waals surface area contributed by atoms with E-state index in [1.54, 1.807) is 0 Å². The first-order chi connectivity index (χ1) is 9.24. The third-order valence-corrected chi connectivity index (χ3v) is 5.11. The molecule has 0 radical (unpaired) electrons. The predicted molar refractivity (Wildman–Crippen MR) is 76.9 cm³/mol. The average Bonchev–Trinajstić information content (AvgIpc) is 2.85. The van der Waals surface area contributed by atoms with Crippen LogP contribution in [0.4, 0.5) is 0 Å². The maximum absolute atomic E-state index is 4.44. The Morgan fingerprint density at radius 2 is 1.95 bits per heavy atom. The van der Waals surface area contributed by atoms with Gasteiger partial charge in [-0.05, 0) is 37.0 Å². The maximum atomic E-state index is 4.44. The van der Waals surface area contributed by atoms with Gasteiger partial charge in [0.2, 0.25) is 0 Å². The molecular weight excluding hydrogens is 234 g/mol. The maximum Gasteiger partial charge on any atom is 0.135 e. The summed E-state index contributed by atoms with van der Waals surface area (Å²) in [4.78, 5) is 0. The van der Waals surface area contributed by atoms with Crippen molar-refractivity contribution in [3.05, 3.63) is 12.2 Å². The Morgan fingerprint density at radius 1 is 1.16 bits per heavy atom. The molecule has 1 aromatic rings. The second-order valence-electron chi connectivity index (χ2n) is 7.05.